The topological polar surface area (TPSA) is 127 Å². The van der Waals surface area contributed by atoms with Crippen molar-refractivity contribution in [1.29, 1.82) is 0 Å². The van der Waals surface area contributed by atoms with Gasteiger partial charge in [0.05, 0.1) is 22.3 Å². The maximum Gasteiger partial charge on any atom is 0.344 e. The van der Waals surface area contributed by atoms with Crippen molar-refractivity contribution in [3.05, 3.63) is 95.1 Å². The number of hydrogen-bond donors (Lipinski definition) is 2. The molecule has 150 valence electrons. The van der Waals surface area contributed by atoms with E-state index in [4.69, 9.17) is 19.7 Å². The lowest BCUT2D eigenvalue weighted by molar-refractivity contribution is 0.0678. The average molecular weight is 406 g/mol. The van der Waals surface area contributed by atoms with Gasteiger partial charge in [-0.2, -0.15) is 0 Å². The second-order valence-electron chi connectivity index (χ2n) is 5.99. The van der Waals surface area contributed by atoms with Gasteiger partial charge in [0.15, 0.2) is 0 Å². The van der Waals surface area contributed by atoms with Crippen LogP contribution in [0.25, 0.3) is 0 Å². The highest BCUT2D eigenvalue weighted by molar-refractivity contribution is 6.04. The van der Waals surface area contributed by atoms with Crippen molar-refractivity contribution < 1.29 is 38.9 Å². The predicted molar refractivity (Wildman–Crippen MR) is 103 cm³/mol. The Labute approximate surface area is 169 Å². The summed E-state index contributed by atoms with van der Waals surface area (Å²) in [7, 11) is 0. The molecule has 2 N–H and O–H groups in total. The quantitative estimate of drug-likeness (QED) is 0.470. The molecule has 0 bridgehead atoms. The molecule has 0 aliphatic heterocycles. The molecule has 8 nitrogen and oxygen atoms in total. The van der Waals surface area contributed by atoms with E-state index in [9.17, 15) is 19.2 Å². The lowest BCUT2D eigenvalue weighted by Crippen LogP contribution is -2.17. The smallest absolute Gasteiger partial charge is 0.344 e. The largest absolute Gasteiger partial charge is 0.478 e. The van der Waals surface area contributed by atoms with E-state index in [2.05, 4.69) is 0 Å². The molecule has 0 saturated carbocycles. The highest BCUT2D eigenvalue weighted by Crippen LogP contribution is 2.20. The van der Waals surface area contributed by atoms with Crippen LogP contribution in [0, 0.1) is 0 Å². The Morgan fingerprint density at radius 1 is 0.567 bits per heavy atom. The molecule has 30 heavy (non-hydrogen) atoms. The van der Waals surface area contributed by atoms with Crippen LogP contribution in [-0.4, -0.2) is 34.1 Å². The molecule has 0 fully saturated rings. The van der Waals surface area contributed by atoms with Crippen LogP contribution in [0.15, 0.2) is 72.8 Å². The molecule has 0 aliphatic rings. The summed E-state index contributed by atoms with van der Waals surface area (Å²) in [4.78, 5) is 47.2. The predicted octanol–water partition coefficient (Wildman–Crippen LogP) is 3.52. The Bertz CT molecular complexity index is 1060. The van der Waals surface area contributed by atoms with Crippen LogP contribution in [0.4, 0.5) is 0 Å². The van der Waals surface area contributed by atoms with Gasteiger partial charge in [0.1, 0.15) is 11.5 Å². The Morgan fingerprint density at radius 3 is 1.33 bits per heavy atom. The Morgan fingerprint density at radius 2 is 0.967 bits per heavy atom. The van der Waals surface area contributed by atoms with Crippen LogP contribution in [0.1, 0.15) is 41.4 Å². The molecule has 0 amide bonds. The van der Waals surface area contributed by atoms with E-state index in [1.165, 1.54) is 72.8 Å². The lowest BCUT2D eigenvalue weighted by atomic mass is 10.1. The molecule has 0 saturated heterocycles. The highest BCUT2D eigenvalue weighted by Gasteiger charge is 2.21. The summed E-state index contributed by atoms with van der Waals surface area (Å²) in [5, 5.41) is 18.1. The SMILES string of the molecule is O=C(O)c1cccc(OC(=O)c2ccccc2C(=O)Oc2cccc(C(=O)O)c2)c1. The number of carbonyl (C=O) groups is 4. The number of carboxylic acids is 2. The minimum atomic E-state index is -1.18. The third-order valence-corrected chi connectivity index (χ3v) is 3.95. The average Bonchev–Trinajstić information content (AvgIpc) is 2.74. The van der Waals surface area contributed by atoms with E-state index in [1.807, 2.05) is 0 Å². The first-order valence-electron chi connectivity index (χ1n) is 8.55. The molecule has 0 aromatic heterocycles. The van der Waals surface area contributed by atoms with Gasteiger partial charge in [0.2, 0.25) is 0 Å². The molecule has 3 aromatic rings. The van der Waals surface area contributed by atoms with Crippen molar-refractivity contribution in [2.24, 2.45) is 0 Å². The second-order valence-corrected chi connectivity index (χ2v) is 5.99. The molecule has 0 aliphatic carbocycles. The first kappa shape index (κ1) is 20.3. The summed E-state index contributed by atoms with van der Waals surface area (Å²) in [6, 6.07) is 16.4. The molecule has 0 spiro atoms. The third kappa shape index (κ3) is 4.68. The van der Waals surface area contributed by atoms with Gasteiger partial charge in [-0.3, -0.25) is 0 Å². The maximum atomic E-state index is 12.6. The standard InChI is InChI=1S/C22H14O8/c23-19(24)13-5-3-7-15(11-13)29-21(27)17-9-1-2-10-18(17)22(28)30-16-8-4-6-14(12-16)20(25)26/h1-12H,(H,23,24)(H,25,26). The molecule has 0 atom stereocenters. The molecule has 3 aromatic carbocycles. The minimum absolute atomic E-state index is 0.00257. The summed E-state index contributed by atoms with van der Waals surface area (Å²) in [5.74, 6) is -4.14. The van der Waals surface area contributed by atoms with Crippen LogP contribution in [-0.2, 0) is 0 Å². The summed E-state index contributed by atoms with van der Waals surface area (Å²) >= 11 is 0. The van der Waals surface area contributed by atoms with E-state index in [1.54, 1.807) is 0 Å². The second kappa shape index (κ2) is 8.70. The summed E-state index contributed by atoms with van der Waals surface area (Å²) in [5.41, 5.74) is -0.326. The van der Waals surface area contributed by atoms with Crippen molar-refractivity contribution in [2.75, 3.05) is 0 Å². The summed E-state index contributed by atoms with van der Waals surface area (Å²) < 4.78 is 10.4. The van der Waals surface area contributed by atoms with Gasteiger partial charge in [-0.25, -0.2) is 19.2 Å². The van der Waals surface area contributed by atoms with Crippen molar-refractivity contribution in [2.45, 2.75) is 0 Å². The van der Waals surface area contributed by atoms with Gasteiger partial charge in [0, 0.05) is 0 Å². The fourth-order valence-electron chi connectivity index (χ4n) is 2.55. The number of hydrogen-bond acceptors (Lipinski definition) is 6. The fraction of sp³-hybridized carbons (Fsp3) is 0. The third-order valence-electron chi connectivity index (χ3n) is 3.95. The molecule has 0 radical (unpaired) electrons. The van der Waals surface area contributed by atoms with E-state index in [0.717, 1.165) is 0 Å². The first-order chi connectivity index (χ1) is 14.3. The number of carbonyl (C=O) groups excluding carboxylic acids is 2. The van der Waals surface area contributed by atoms with Gasteiger partial charge in [-0.05, 0) is 48.5 Å². The molecular formula is C22H14O8. The molecule has 0 heterocycles. The Kier molecular flexibility index (Phi) is 5.88. The number of aromatic carboxylic acids is 2. The zero-order chi connectivity index (χ0) is 21.7. The van der Waals surface area contributed by atoms with Crippen molar-refractivity contribution in [3.8, 4) is 11.5 Å². The number of rotatable bonds is 6. The van der Waals surface area contributed by atoms with Crippen LogP contribution < -0.4 is 9.47 Å². The van der Waals surface area contributed by atoms with Crippen molar-refractivity contribution in [1.82, 2.24) is 0 Å². The van der Waals surface area contributed by atoms with E-state index in [-0.39, 0.29) is 33.8 Å². The highest BCUT2D eigenvalue weighted by atomic mass is 16.5. The monoisotopic (exact) mass is 406 g/mol. The van der Waals surface area contributed by atoms with E-state index >= 15 is 0 Å². The van der Waals surface area contributed by atoms with Crippen LogP contribution in [0.5, 0.6) is 11.5 Å². The normalized spacial score (nSPS) is 10.1. The first-order valence-corrected chi connectivity index (χ1v) is 8.55. The maximum absolute atomic E-state index is 12.6. The number of ether oxygens (including phenoxy) is 2. The van der Waals surface area contributed by atoms with Crippen molar-refractivity contribution in [3.63, 3.8) is 0 Å². The molecule has 0 unspecified atom stereocenters. The number of carboxylic acid groups (broad SMARTS) is 2. The van der Waals surface area contributed by atoms with Crippen LogP contribution in [0.2, 0.25) is 0 Å². The fourth-order valence-corrected chi connectivity index (χ4v) is 2.55. The number of esters is 2. The minimum Gasteiger partial charge on any atom is -0.478 e. The summed E-state index contributed by atoms with van der Waals surface area (Å²) in [6.07, 6.45) is 0. The van der Waals surface area contributed by atoms with Gasteiger partial charge in [-0.1, -0.05) is 24.3 Å². The zero-order valence-corrected chi connectivity index (χ0v) is 15.3. The Balaban J connectivity index is 1.83. The molecule has 8 heteroatoms. The molecule has 3 rings (SSSR count). The van der Waals surface area contributed by atoms with Gasteiger partial charge < -0.3 is 19.7 Å². The van der Waals surface area contributed by atoms with Crippen LogP contribution >= 0.6 is 0 Å². The zero-order valence-electron chi connectivity index (χ0n) is 15.3. The number of benzene rings is 3. The van der Waals surface area contributed by atoms with Gasteiger partial charge >= 0.3 is 23.9 Å². The van der Waals surface area contributed by atoms with Gasteiger partial charge in [-0.15, -0.1) is 0 Å². The van der Waals surface area contributed by atoms with Crippen molar-refractivity contribution >= 4 is 23.9 Å². The van der Waals surface area contributed by atoms with Crippen LogP contribution in [0.3, 0.4) is 0 Å². The summed E-state index contributed by atoms with van der Waals surface area (Å²) in [6.45, 7) is 0. The van der Waals surface area contributed by atoms with Gasteiger partial charge in [0.25, 0.3) is 0 Å². The Hall–Kier alpha value is -4.46. The van der Waals surface area contributed by atoms with E-state index < -0.39 is 23.9 Å². The van der Waals surface area contributed by atoms with E-state index in [0.29, 0.717) is 0 Å². The molecular weight excluding hydrogens is 392 g/mol. The lowest BCUT2D eigenvalue weighted by Gasteiger charge is -2.10.